The molecule has 1 aromatic heterocycles. The first-order valence-corrected chi connectivity index (χ1v) is 7.55. The van der Waals surface area contributed by atoms with Crippen molar-refractivity contribution in [2.75, 3.05) is 12.3 Å². The van der Waals surface area contributed by atoms with Crippen molar-refractivity contribution < 1.29 is 9.21 Å². The molecule has 1 fully saturated rings. The summed E-state index contributed by atoms with van der Waals surface area (Å²) < 4.78 is 5.71. The SMILES string of the molecule is CC1CC(C)C(C)N(C(=O)c2cc3cc(N)ccc3o2)C1. The van der Waals surface area contributed by atoms with E-state index >= 15 is 0 Å². The lowest BCUT2D eigenvalue weighted by Gasteiger charge is -2.40. The van der Waals surface area contributed by atoms with Crippen molar-refractivity contribution in [2.45, 2.75) is 33.2 Å². The van der Waals surface area contributed by atoms with E-state index in [2.05, 4.69) is 20.8 Å². The lowest BCUT2D eigenvalue weighted by atomic mass is 9.86. The summed E-state index contributed by atoms with van der Waals surface area (Å²) in [4.78, 5) is 14.7. The Morgan fingerprint density at radius 1 is 1.29 bits per heavy atom. The number of hydrogen-bond donors (Lipinski definition) is 1. The number of nitrogens with two attached hydrogens (primary N) is 1. The molecule has 112 valence electrons. The molecule has 21 heavy (non-hydrogen) atoms. The first-order chi connectivity index (χ1) is 9.95. The van der Waals surface area contributed by atoms with Gasteiger partial charge in [-0.05, 0) is 49.4 Å². The van der Waals surface area contributed by atoms with Crippen molar-refractivity contribution in [3.05, 3.63) is 30.0 Å². The van der Waals surface area contributed by atoms with Gasteiger partial charge in [0.2, 0.25) is 0 Å². The van der Waals surface area contributed by atoms with Crippen LogP contribution in [0, 0.1) is 11.8 Å². The van der Waals surface area contributed by atoms with Crippen LogP contribution in [0.1, 0.15) is 37.7 Å². The van der Waals surface area contributed by atoms with E-state index in [-0.39, 0.29) is 11.9 Å². The average molecular weight is 286 g/mol. The largest absolute Gasteiger partial charge is 0.451 e. The van der Waals surface area contributed by atoms with Crippen LogP contribution < -0.4 is 5.73 Å². The molecule has 4 heteroatoms. The van der Waals surface area contributed by atoms with Gasteiger partial charge in [0.05, 0.1) is 0 Å². The second kappa shape index (κ2) is 5.10. The van der Waals surface area contributed by atoms with Gasteiger partial charge in [0.15, 0.2) is 5.76 Å². The number of furan rings is 1. The van der Waals surface area contributed by atoms with Gasteiger partial charge in [-0.1, -0.05) is 13.8 Å². The quantitative estimate of drug-likeness (QED) is 0.816. The Morgan fingerprint density at radius 2 is 2.05 bits per heavy atom. The number of nitrogen functional groups attached to an aromatic ring is 1. The summed E-state index contributed by atoms with van der Waals surface area (Å²) in [6, 6.07) is 7.47. The maximum absolute atomic E-state index is 12.8. The number of piperidine rings is 1. The van der Waals surface area contributed by atoms with Crippen molar-refractivity contribution in [1.82, 2.24) is 4.90 Å². The molecule has 0 radical (unpaired) electrons. The van der Waals surface area contributed by atoms with E-state index in [0.717, 1.165) is 11.9 Å². The maximum atomic E-state index is 12.8. The summed E-state index contributed by atoms with van der Waals surface area (Å²) in [6.45, 7) is 7.32. The monoisotopic (exact) mass is 286 g/mol. The Morgan fingerprint density at radius 3 is 2.81 bits per heavy atom. The zero-order chi connectivity index (χ0) is 15.1. The Balaban J connectivity index is 1.92. The second-order valence-corrected chi connectivity index (χ2v) is 6.42. The summed E-state index contributed by atoms with van der Waals surface area (Å²) in [7, 11) is 0. The minimum absolute atomic E-state index is 0.0179. The van der Waals surface area contributed by atoms with Crippen LogP contribution in [0.25, 0.3) is 11.0 Å². The zero-order valence-electron chi connectivity index (χ0n) is 12.8. The fourth-order valence-corrected chi connectivity index (χ4v) is 3.29. The number of carbonyl (C=O) groups excluding carboxylic acids is 1. The minimum atomic E-state index is -0.0179. The summed E-state index contributed by atoms with van der Waals surface area (Å²) >= 11 is 0. The number of carbonyl (C=O) groups is 1. The van der Waals surface area contributed by atoms with Gasteiger partial charge in [0.25, 0.3) is 5.91 Å². The Hall–Kier alpha value is -1.97. The standard InChI is InChI=1S/C17H22N2O2/c1-10-6-11(2)12(3)19(9-10)17(20)16-8-13-7-14(18)4-5-15(13)21-16/h4-5,7-8,10-12H,6,9,18H2,1-3H3. The van der Waals surface area contributed by atoms with Crippen LogP contribution in [0.4, 0.5) is 5.69 Å². The highest BCUT2D eigenvalue weighted by Crippen LogP contribution is 2.29. The van der Waals surface area contributed by atoms with E-state index in [1.807, 2.05) is 17.0 Å². The van der Waals surface area contributed by atoms with Crippen LogP contribution in [0.5, 0.6) is 0 Å². The first kappa shape index (κ1) is 14.0. The van der Waals surface area contributed by atoms with E-state index in [1.165, 1.54) is 6.42 Å². The topological polar surface area (TPSA) is 59.5 Å². The molecule has 0 bridgehead atoms. The molecular weight excluding hydrogens is 264 g/mol. The van der Waals surface area contributed by atoms with Gasteiger partial charge in [0.1, 0.15) is 5.58 Å². The Kier molecular flexibility index (Phi) is 3.40. The molecule has 3 atom stereocenters. The molecule has 1 saturated heterocycles. The molecule has 2 aromatic rings. The number of amides is 1. The molecule has 0 aliphatic carbocycles. The molecule has 3 rings (SSSR count). The summed E-state index contributed by atoms with van der Waals surface area (Å²) in [5.74, 6) is 1.43. The number of hydrogen-bond acceptors (Lipinski definition) is 3. The molecule has 1 aromatic carbocycles. The minimum Gasteiger partial charge on any atom is -0.451 e. The smallest absolute Gasteiger partial charge is 0.289 e. The lowest BCUT2D eigenvalue weighted by Crippen LogP contribution is -2.48. The maximum Gasteiger partial charge on any atom is 0.289 e. The first-order valence-electron chi connectivity index (χ1n) is 7.55. The van der Waals surface area contributed by atoms with Crippen molar-refractivity contribution in [2.24, 2.45) is 11.8 Å². The van der Waals surface area contributed by atoms with Gasteiger partial charge in [-0.3, -0.25) is 4.79 Å². The summed E-state index contributed by atoms with van der Waals surface area (Å²) in [6.07, 6.45) is 1.17. The van der Waals surface area contributed by atoms with Gasteiger partial charge >= 0.3 is 0 Å². The fraction of sp³-hybridized carbons (Fsp3) is 0.471. The van der Waals surface area contributed by atoms with Gasteiger partial charge in [-0.15, -0.1) is 0 Å². The van der Waals surface area contributed by atoms with E-state index in [0.29, 0.717) is 28.9 Å². The van der Waals surface area contributed by atoms with Gasteiger partial charge < -0.3 is 15.1 Å². The Bertz CT molecular complexity index is 676. The number of nitrogens with zero attached hydrogens (tertiary/aromatic N) is 1. The number of anilines is 1. The molecule has 0 spiro atoms. The molecule has 1 aliphatic heterocycles. The van der Waals surface area contributed by atoms with Crippen LogP contribution >= 0.6 is 0 Å². The van der Waals surface area contributed by atoms with E-state index < -0.39 is 0 Å². The third-order valence-electron chi connectivity index (χ3n) is 4.61. The molecular formula is C17H22N2O2. The molecule has 3 unspecified atom stereocenters. The zero-order valence-corrected chi connectivity index (χ0v) is 12.8. The van der Waals surface area contributed by atoms with Crippen molar-refractivity contribution in [3.63, 3.8) is 0 Å². The molecule has 2 N–H and O–H groups in total. The van der Waals surface area contributed by atoms with Gasteiger partial charge in [-0.25, -0.2) is 0 Å². The van der Waals surface area contributed by atoms with Crippen LogP contribution in [0.3, 0.4) is 0 Å². The Labute approximate surface area is 124 Å². The number of rotatable bonds is 1. The third-order valence-corrected chi connectivity index (χ3v) is 4.61. The van der Waals surface area contributed by atoms with Crippen molar-refractivity contribution in [3.8, 4) is 0 Å². The highest BCUT2D eigenvalue weighted by atomic mass is 16.3. The van der Waals surface area contributed by atoms with Crippen LogP contribution in [-0.2, 0) is 0 Å². The second-order valence-electron chi connectivity index (χ2n) is 6.42. The number of benzene rings is 1. The number of likely N-dealkylation sites (tertiary alicyclic amines) is 1. The molecule has 1 aliphatic rings. The molecule has 0 saturated carbocycles. The molecule has 2 heterocycles. The number of fused-ring (bicyclic) bond motifs is 1. The normalized spacial score (nSPS) is 26.2. The summed E-state index contributed by atoms with van der Waals surface area (Å²) in [5, 5.41) is 0.879. The van der Waals surface area contributed by atoms with Crippen LogP contribution in [-0.4, -0.2) is 23.4 Å². The van der Waals surface area contributed by atoms with Crippen molar-refractivity contribution in [1.29, 1.82) is 0 Å². The van der Waals surface area contributed by atoms with Gasteiger partial charge in [0, 0.05) is 23.7 Å². The molecule has 1 amide bonds. The highest BCUT2D eigenvalue weighted by molar-refractivity contribution is 5.96. The predicted molar refractivity (Wildman–Crippen MR) is 84.1 cm³/mol. The fourth-order valence-electron chi connectivity index (χ4n) is 3.29. The summed E-state index contributed by atoms with van der Waals surface area (Å²) in [5.41, 5.74) is 7.16. The highest BCUT2D eigenvalue weighted by Gasteiger charge is 2.33. The average Bonchev–Trinajstić information content (AvgIpc) is 2.85. The lowest BCUT2D eigenvalue weighted by molar-refractivity contribution is 0.0428. The van der Waals surface area contributed by atoms with E-state index in [1.54, 1.807) is 12.1 Å². The predicted octanol–water partition coefficient (Wildman–Crippen LogP) is 3.52. The van der Waals surface area contributed by atoms with Crippen molar-refractivity contribution >= 4 is 22.6 Å². The molecule has 4 nitrogen and oxygen atoms in total. The van der Waals surface area contributed by atoms with Crippen LogP contribution in [0.2, 0.25) is 0 Å². The van der Waals surface area contributed by atoms with E-state index in [4.69, 9.17) is 10.2 Å². The van der Waals surface area contributed by atoms with Crippen LogP contribution in [0.15, 0.2) is 28.7 Å². The van der Waals surface area contributed by atoms with Gasteiger partial charge in [-0.2, -0.15) is 0 Å². The van der Waals surface area contributed by atoms with E-state index in [9.17, 15) is 4.79 Å². The third kappa shape index (κ3) is 2.50.